The molecule has 0 aliphatic heterocycles. The lowest BCUT2D eigenvalue weighted by atomic mass is 9.55. The van der Waals surface area contributed by atoms with Gasteiger partial charge in [-0.3, -0.25) is 9.59 Å². The van der Waals surface area contributed by atoms with E-state index in [0.29, 0.717) is 25.7 Å². The fraction of sp³-hybridized carbons (Fsp3) is 0.867. The molecule has 1 atom stereocenters. The average Bonchev–Trinajstić information content (AvgIpc) is 2.37. The molecule has 1 unspecified atom stereocenters. The van der Waals surface area contributed by atoms with E-state index in [2.05, 4.69) is 0 Å². The second-order valence-corrected chi connectivity index (χ2v) is 7.74. The molecule has 8 heteroatoms. The first-order chi connectivity index (χ1) is 10.3. The number of halogens is 3. The Morgan fingerprint density at radius 3 is 2.09 bits per heavy atom. The molecule has 3 fully saturated rings. The summed E-state index contributed by atoms with van der Waals surface area (Å²) in [5.41, 5.74) is 3.75. The predicted octanol–water partition coefficient (Wildman–Crippen LogP) is 2.04. The van der Waals surface area contributed by atoms with E-state index in [4.69, 9.17) is 10.5 Å². The van der Waals surface area contributed by atoms with Crippen molar-refractivity contribution in [3.8, 4) is 0 Å². The highest BCUT2D eigenvalue weighted by molar-refractivity contribution is 5.83. The Bertz CT molecular complexity index is 503. The Morgan fingerprint density at radius 1 is 1.13 bits per heavy atom. The SMILES string of the molecule is CC(C)(C)OC(=O)C12CCC(N)(CC1)C(NC(=O)C(F)(F)F)C2. The Hall–Kier alpha value is -1.31. The molecule has 132 valence electrons. The summed E-state index contributed by atoms with van der Waals surface area (Å²) in [5, 5.41) is 1.98. The molecular weight excluding hydrogens is 313 g/mol. The predicted molar refractivity (Wildman–Crippen MR) is 76.3 cm³/mol. The van der Waals surface area contributed by atoms with E-state index in [9.17, 15) is 22.8 Å². The summed E-state index contributed by atoms with van der Waals surface area (Å²) in [7, 11) is 0. The highest BCUT2D eigenvalue weighted by Crippen LogP contribution is 2.52. The van der Waals surface area contributed by atoms with Gasteiger partial charge in [-0.2, -0.15) is 13.2 Å². The molecule has 2 bridgehead atoms. The lowest BCUT2D eigenvalue weighted by molar-refractivity contribution is -0.182. The van der Waals surface area contributed by atoms with Crippen LogP contribution in [0, 0.1) is 5.41 Å². The normalized spacial score (nSPS) is 34.1. The maximum atomic E-state index is 12.5. The quantitative estimate of drug-likeness (QED) is 0.756. The van der Waals surface area contributed by atoms with E-state index in [1.54, 1.807) is 20.8 Å². The number of carbonyl (C=O) groups excluding carboxylic acids is 2. The number of alkyl halides is 3. The number of hydrogen-bond acceptors (Lipinski definition) is 4. The maximum absolute atomic E-state index is 12.5. The van der Waals surface area contributed by atoms with Crippen molar-refractivity contribution in [1.82, 2.24) is 5.32 Å². The number of hydrogen-bond donors (Lipinski definition) is 2. The van der Waals surface area contributed by atoms with Crippen molar-refractivity contribution in [3.63, 3.8) is 0 Å². The Kier molecular flexibility index (Phi) is 4.20. The summed E-state index contributed by atoms with van der Waals surface area (Å²) in [6, 6.07) is -0.883. The first-order valence-electron chi connectivity index (χ1n) is 7.68. The first kappa shape index (κ1) is 18.0. The largest absolute Gasteiger partial charge is 0.471 e. The highest BCUT2D eigenvalue weighted by Gasteiger charge is 2.58. The number of nitrogens with two attached hydrogens (primary N) is 1. The van der Waals surface area contributed by atoms with Gasteiger partial charge in [0.05, 0.1) is 5.41 Å². The third-order valence-corrected chi connectivity index (χ3v) is 4.82. The van der Waals surface area contributed by atoms with Gasteiger partial charge >= 0.3 is 18.1 Å². The number of esters is 1. The average molecular weight is 336 g/mol. The van der Waals surface area contributed by atoms with Crippen LogP contribution in [0.15, 0.2) is 0 Å². The first-order valence-corrected chi connectivity index (χ1v) is 7.68. The van der Waals surface area contributed by atoms with Gasteiger partial charge in [-0.05, 0) is 52.9 Å². The van der Waals surface area contributed by atoms with E-state index in [-0.39, 0.29) is 6.42 Å². The fourth-order valence-electron chi connectivity index (χ4n) is 3.45. The lowest BCUT2D eigenvalue weighted by Crippen LogP contribution is -2.68. The van der Waals surface area contributed by atoms with E-state index in [0.717, 1.165) is 0 Å². The summed E-state index contributed by atoms with van der Waals surface area (Å²) >= 11 is 0. The third-order valence-electron chi connectivity index (χ3n) is 4.82. The zero-order chi connectivity index (χ0) is 17.7. The number of ether oxygens (including phenoxy) is 1. The number of carbonyl (C=O) groups is 2. The Balaban J connectivity index is 2.17. The molecule has 0 aromatic carbocycles. The molecule has 3 saturated carbocycles. The van der Waals surface area contributed by atoms with Crippen molar-refractivity contribution in [2.75, 3.05) is 0 Å². The molecule has 1 amide bonds. The highest BCUT2D eigenvalue weighted by atomic mass is 19.4. The van der Waals surface area contributed by atoms with Crippen molar-refractivity contribution in [3.05, 3.63) is 0 Å². The molecule has 0 heterocycles. The van der Waals surface area contributed by atoms with Crippen molar-refractivity contribution < 1.29 is 27.5 Å². The molecule has 0 radical (unpaired) electrons. The van der Waals surface area contributed by atoms with Crippen LogP contribution in [0.2, 0.25) is 0 Å². The van der Waals surface area contributed by atoms with Gasteiger partial charge in [0.2, 0.25) is 0 Å². The summed E-state index contributed by atoms with van der Waals surface area (Å²) in [5.74, 6) is -2.43. The van der Waals surface area contributed by atoms with E-state index in [1.165, 1.54) is 0 Å². The summed E-state index contributed by atoms with van der Waals surface area (Å²) in [6.07, 6.45) is -3.18. The van der Waals surface area contributed by atoms with Crippen LogP contribution in [-0.2, 0) is 14.3 Å². The Labute approximate surface area is 133 Å². The van der Waals surface area contributed by atoms with Crippen molar-refractivity contribution in [1.29, 1.82) is 0 Å². The van der Waals surface area contributed by atoms with Crippen LogP contribution in [-0.4, -0.2) is 35.2 Å². The van der Waals surface area contributed by atoms with Gasteiger partial charge in [-0.15, -0.1) is 0 Å². The van der Waals surface area contributed by atoms with Crippen molar-refractivity contribution >= 4 is 11.9 Å². The van der Waals surface area contributed by atoms with E-state index < -0.39 is 40.6 Å². The topological polar surface area (TPSA) is 81.4 Å². The molecule has 23 heavy (non-hydrogen) atoms. The van der Waals surface area contributed by atoms with Gasteiger partial charge in [0.1, 0.15) is 5.60 Å². The lowest BCUT2D eigenvalue weighted by Gasteiger charge is -2.55. The molecule has 0 aromatic heterocycles. The standard InChI is InChI=1S/C15H23F3N2O3/c1-12(2,3)23-11(22)13-4-6-14(19,7-5-13)9(8-13)20-10(21)15(16,17)18/h9H,4-8,19H2,1-3H3,(H,20,21). The molecule has 3 aliphatic carbocycles. The van der Waals surface area contributed by atoms with Crippen molar-refractivity contribution in [2.24, 2.45) is 11.1 Å². The summed E-state index contributed by atoms with van der Waals surface area (Å²) < 4.78 is 42.9. The van der Waals surface area contributed by atoms with Gasteiger partial charge in [0.15, 0.2) is 0 Å². The molecule has 3 N–H and O–H groups in total. The fourth-order valence-corrected chi connectivity index (χ4v) is 3.45. The minimum atomic E-state index is -4.97. The number of fused-ring (bicyclic) bond motifs is 3. The second kappa shape index (κ2) is 5.36. The minimum absolute atomic E-state index is 0.0836. The summed E-state index contributed by atoms with van der Waals surface area (Å²) in [4.78, 5) is 23.8. The van der Waals surface area contributed by atoms with Crippen LogP contribution < -0.4 is 11.1 Å². The molecule has 3 rings (SSSR count). The minimum Gasteiger partial charge on any atom is -0.460 e. The summed E-state index contributed by atoms with van der Waals surface area (Å²) in [6.45, 7) is 5.22. The molecule has 0 aromatic rings. The zero-order valence-corrected chi connectivity index (χ0v) is 13.5. The van der Waals surface area contributed by atoms with E-state index >= 15 is 0 Å². The van der Waals surface area contributed by atoms with Gasteiger partial charge < -0.3 is 15.8 Å². The smallest absolute Gasteiger partial charge is 0.460 e. The van der Waals surface area contributed by atoms with Gasteiger partial charge in [-0.1, -0.05) is 0 Å². The van der Waals surface area contributed by atoms with Crippen LogP contribution in [0.5, 0.6) is 0 Å². The zero-order valence-electron chi connectivity index (χ0n) is 13.5. The van der Waals surface area contributed by atoms with Crippen LogP contribution in [0.25, 0.3) is 0 Å². The molecule has 3 aliphatic rings. The monoisotopic (exact) mass is 336 g/mol. The maximum Gasteiger partial charge on any atom is 0.471 e. The molecule has 0 saturated heterocycles. The Morgan fingerprint density at radius 2 is 1.65 bits per heavy atom. The van der Waals surface area contributed by atoms with Crippen LogP contribution in [0.4, 0.5) is 13.2 Å². The van der Waals surface area contributed by atoms with Crippen LogP contribution in [0.1, 0.15) is 52.9 Å². The van der Waals surface area contributed by atoms with E-state index in [1.807, 2.05) is 5.32 Å². The number of rotatable bonds is 2. The molecular formula is C15H23F3N2O3. The van der Waals surface area contributed by atoms with Crippen LogP contribution in [0.3, 0.4) is 0 Å². The number of amides is 1. The van der Waals surface area contributed by atoms with Gasteiger partial charge in [-0.25, -0.2) is 0 Å². The number of nitrogens with one attached hydrogen (secondary N) is 1. The molecule has 5 nitrogen and oxygen atoms in total. The van der Waals surface area contributed by atoms with Crippen LogP contribution >= 0.6 is 0 Å². The van der Waals surface area contributed by atoms with Gasteiger partial charge in [0, 0.05) is 11.6 Å². The van der Waals surface area contributed by atoms with Gasteiger partial charge in [0.25, 0.3) is 0 Å². The van der Waals surface area contributed by atoms with Crippen molar-refractivity contribution in [2.45, 2.75) is 76.2 Å². The molecule has 0 spiro atoms. The second-order valence-electron chi connectivity index (χ2n) is 7.74. The third kappa shape index (κ3) is 3.62.